The van der Waals surface area contributed by atoms with E-state index in [1.54, 1.807) is 7.11 Å². The van der Waals surface area contributed by atoms with Crippen LogP contribution in [0.15, 0.2) is 18.2 Å². The smallest absolute Gasteiger partial charge is 0.122 e. The number of methoxy groups -OCH3 is 1. The second-order valence-electron chi connectivity index (χ2n) is 5.03. The Hall–Kier alpha value is -1.06. The molecule has 0 amide bonds. The fourth-order valence-corrected chi connectivity index (χ4v) is 2.92. The van der Waals surface area contributed by atoms with E-state index in [4.69, 9.17) is 9.47 Å². The van der Waals surface area contributed by atoms with Crippen molar-refractivity contribution in [3.8, 4) is 5.75 Å². The van der Waals surface area contributed by atoms with Crippen LogP contribution in [0.25, 0.3) is 0 Å². The highest BCUT2D eigenvalue weighted by Gasteiger charge is 2.41. The summed E-state index contributed by atoms with van der Waals surface area (Å²) in [5.41, 5.74) is 1.49. The Bertz CT molecular complexity index is 425. The van der Waals surface area contributed by atoms with E-state index in [1.165, 1.54) is 5.56 Å². The molecule has 0 bridgehead atoms. The first-order valence-corrected chi connectivity index (χ1v) is 6.23. The molecule has 1 N–H and O–H groups in total. The number of epoxide rings is 1. The third-order valence-corrected chi connectivity index (χ3v) is 3.84. The van der Waals surface area contributed by atoms with E-state index in [0.717, 1.165) is 37.2 Å². The first-order chi connectivity index (χ1) is 8.23. The number of hydrogen-bond acceptors (Lipinski definition) is 3. The standard InChI is InChI=1S/C14H18O3/c1-16-13-6-2-5-12-11(13)4-3-7-14(12,15)8-10-9-17-10/h2,5-6,10,15H,3-4,7-9H2,1H3. The average Bonchev–Trinajstić information content (AvgIpc) is 3.12. The molecule has 3 nitrogen and oxygen atoms in total. The predicted molar refractivity (Wildman–Crippen MR) is 64.2 cm³/mol. The number of hydrogen-bond donors (Lipinski definition) is 1. The molecule has 3 rings (SSSR count). The van der Waals surface area contributed by atoms with Crippen molar-refractivity contribution in [1.82, 2.24) is 0 Å². The summed E-state index contributed by atoms with van der Waals surface area (Å²) < 4.78 is 10.6. The summed E-state index contributed by atoms with van der Waals surface area (Å²) in [6.45, 7) is 0.793. The molecular weight excluding hydrogens is 216 g/mol. The van der Waals surface area contributed by atoms with Crippen LogP contribution in [0.4, 0.5) is 0 Å². The van der Waals surface area contributed by atoms with Gasteiger partial charge in [0.15, 0.2) is 0 Å². The second-order valence-corrected chi connectivity index (χ2v) is 5.03. The molecular formula is C14H18O3. The van der Waals surface area contributed by atoms with E-state index in [-0.39, 0.29) is 6.10 Å². The molecule has 0 saturated carbocycles. The second kappa shape index (κ2) is 4.00. The molecule has 3 heteroatoms. The maximum atomic E-state index is 10.8. The minimum absolute atomic E-state index is 0.247. The third-order valence-electron chi connectivity index (χ3n) is 3.84. The molecule has 1 aliphatic heterocycles. The molecule has 0 spiro atoms. The Balaban J connectivity index is 2.00. The predicted octanol–water partition coefficient (Wildman–Crippen LogP) is 2.01. The summed E-state index contributed by atoms with van der Waals surface area (Å²) in [7, 11) is 1.69. The van der Waals surface area contributed by atoms with Gasteiger partial charge in [-0.15, -0.1) is 0 Å². The lowest BCUT2D eigenvalue weighted by molar-refractivity contribution is 0.00300. The van der Waals surface area contributed by atoms with Gasteiger partial charge in [0.25, 0.3) is 0 Å². The maximum Gasteiger partial charge on any atom is 0.122 e. The van der Waals surface area contributed by atoms with Crippen LogP contribution in [-0.4, -0.2) is 24.9 Å². The molecule has 1 aromatic carbocycles. The minimum atomic E-state index is -0.719. The molecule has 2 aliphatic rings. The zero-order chi connectivity index (χ0) is 11.9. The highest BCUT2D eigenvalue weighted by molar-refractivity contribution is 5.45. The van der Waals surface area contributed by atoms with Crippen LogP contribution in [0.3, 0.4) is 0 Å². The van der Waals surface area contributed by atoms with E-state index in [1.807, 2.05) is 18.2 Å². The number of benzene rings is 1. The van der Waals surface area contributed by atoms with Crippen LogP contribution in [0.2, 0.25) is 0 Å². The van der Waals surface area contributed by atoms with Gasteiger partial charge in [-0.05, 0) is 30.9 Å². The highest BCUT2D eigenvalue weighted by atomic mass is 16.6. The molecule has 1 aliphatic carbocycles. The lowest BCUT2D eigenvalue weighted by Crippen LogP contribution is -2.32. The zero-order valence-electron chi connectivity index (χ0n) is 10.1. The molecule has 0 radical (unpaired) electrons. The normalized spacial score (nSPS) is 30.8. The quantitative estimate of drug-likeness (QED) is 0.813. The fraction of sp³-hybridized carbons (Fsp3) is 0.571. The number of ether oxygens (including phenoxy) is 2. The van der Waals surface area contributed by atoms with Crippen LogP contribution in [0, 0.1) is 0 Å². The summed E-state index contributed by atoms with van der Waals surface area (Å²) in [5.74, 6) is 0.900. The van der Waals surface area contributed by atoms with Gasteiger partial charge in [0.05, 0.1) is 25.4 Å². The maximum absolute atomic E-state index is 10.8. The molecule has 92 valence electrons. The number of rotatable bonds is 3. The van der Waals surface area contributed by atoms with Gasteiger partial charge in [0.2, 0.25) is 0 Å². The number of fused-ring (bicyclic) bond motifs is 1. The Morgan fingerprint density at radius 2 is 2.35 bits per heavy atom. The van der Waals surface area contributed by atoms with Gasteiger partial charge in [-0.25, -0.2) is 0 Å². The van der Waals surface area contributed by atoms with Gasteiger partial charge in [0.1, 0.15) is 5.75 Å². The Morgan fingerprint density at radius 3 is 3.06 bits per heavy atom. The SMILES string of the molecule is COc1cccc2c1CCCC2(O)CC1CO1. The highest BCUT2D eigenvalue weighted by Crippen LogP contribution is 2.43. The van der Waals surface area contributed by atoms with Gasteiger partial charge in [-0.3, -0.25) is 0 Å². The van der Waals surface area contributed by atoms with E-state index in [0.29, 0.717) is 6.42 Å². The van der Waals surface area contributed by atoms with Crippen molar-refractivity contribution >= 4 is 0 Å². The Labute approximate surface area is 101 Å². The molecule has 1 saturated heterocycles. The molecule has 0 aromatic heterocycles. The lowest BCUT2D eigenvalue weighted by atomic mass is 9.76. The monoisotopic (exact) mass is 234 g/mol. The van der Waals surface area contributed by atoms with Crippen LogP contribution in [-0.2, 0) is 16.8 Å². The van der Waals surface area contributed by atoms with E-state index in [9.17, 15) is 5.11 Å². The zero-order valence-corrected chi connectivity index (χ0v) is 10.1. The van der Waals surface area contributed by atoms with Gasteiger partial charge in [0, 0.05) is 12.0 Å². The van der Waals surface area contributed by atoms with Crippen molar-refractivity contribution < 1.29 is 14.6 Å². The van der Waals surface area contributed by atoms with E-state index in [2.05, 4.69) is 0 Å². The van der Waals surface area contributed by atoms with Crippen molar-refractivity contribution in [2.75, 3.05) is 13.7 Å². The summed E-state index contributed by atoms with van der Waals surface area (Å²) in [5, 5.41) is 10.8. The van der Waals surface area contributed by atoms with Crippen LogP contribution in [0.5, 0.6) is 5.75 Å². The molecule has 17 heavy (non-hydrogen) atoms. The van der Waals surface area contributed by atoms with Crippen molar-refractivity contribution in [2.24, 2.45) is 0 Å². The minimum Gasteiger partial charge on any atom is -0.496 e. The van der Waals surface area contributed by atoms with Crippen LogP contribution in [0.1, 0.15) is 30.4 Å². The third kappa shape index (κ3) is 1.94. The first kappa shape index (κ1) is 11.1. The van der Waals surface area contributed by atoms with Crippen molar-refractivity contribution in [2.45, 2.75) is 37.4 Å². The molecule has 1 aromatic rings. The van der Waals surface area contributed by atoms with Crippen molar-refractivity contribution in [3.63, 3.8) is 0 Å². The van der Waals surface area contributed by atoms with Gasteiger partial charge in [-0.2, -0.15) is 0 Å². The van der Waals surface area contributed by atoms with Gasteiger partial charge >= 0.3 is 0 Å². The lowest BCUT2D eigenvalue weighted by Gasteiger charge is -2.35. The molecule has 1 fully saturated rings. The summed E-state index contributed by atoms with van der Waals surface area (Å²) in [6, 6.07) is 5.96. The number of aliphatic hydroxyl groups is 1. The molecule has 2 unspecified atom stereocenters. The van der Waals surface area contributed by atoms with Gasteiger partial charge < -0.3 is 14.6 Å². The van der Waals surface area contributed by atoms with Crippen LogP contribution < -0.4 is 4.74 Å². The molecule has 1 heterocycles. The summed E-state index contributed by atoms with van der Waals surface area (Å²) >= 11 is 0. The van der Waals surface area contributed by atoms with Crippen molar-refractivity contribution in [1.29, 1.82) is 0 Å². The molecule has 2 atom stereocenters. The average molecular weight is 234 g/mol. The van der Waals surface area contributed by atoms with Crippen molar-refractivity contribution in [3.05, 3.63) is 29.3 Å². The summed E-state index contributed by atoms with van der Waals surface area (Å²) in [6.07, 6.45) is 3.79. The fourth-order valence-electron chi connectivity index (χ4n) is 2.92. The van der Waals surface area contributed by atoms with E-state index >= 15 is 0 Å². The Kier molecular flexibility index (Phi) is 2.60. The first-order valence-electron chi connectivity index (χ1n) is 6.23. The topological polar surface area (TPSA) is 42.0 Å². The van der Waals surface area contributed by atoms with Crippen LogP contribution >= 0.6 is 0 Å². The largest absolute Gasteiger partial charge is 0.496 e. The Morgan fingerprint density at radius 1 is 1.53 bits per heavy atom. The van der Waals surface area contributed by atoms with E-state index < -0.39 is 5.60 Å². The summed E-state index contributed by atoms with van der Waals surface area (Å²) in [4.78, 5) is 0. The van der Waals surface area contributed by atoms with Gasteiger partial charge in [-0.1, -0.05) is 12.1 Å².